The van der Waals surface area contributed by atoms with Gasteiger partial charge in [0, 0.05) is 18.0 Å². The fourth-order valence-electron chi connectivity index (χ4n) is 1.77. The SMILES string of the molecule is COc1ccc(-n2cccc2/C=N\O)cc1OC. The number of ether oxygens (including phenoxy) is 2. The van der Waals surface area contributed by atoms with Crippen molar-refractivity contribution in [1.29, 1.82) is 0 Å². The van der Waals surface area contributed by atoms with Crippen LogP contribution in [0.25, 0.3) is 5.69 Å². The van der Waals surface area contributed by atoms with Crippen LogP contribution < -0.4 is 9.47 Å². The molecule has 0 fully saturated rings. The Balaban J connectivity index is 2.47. The van der Waals surface area contributed by atoms with E-state index in [1.54, 1.807) is 14.2 Å². The zero-order chi connectivity index (χ0) is 13.0. The molecule has 0 bridgehead atoms. The maximum Gasteiger partial charge on any atom is 0.162 e. The summed E-state index contributed by atoms with van der Waals surface area (Å²) in [6.45, 7) is 0. The minimum absolute atomic E-state index is 0.649. The van der Waals surface area contributed by atoms with Gasteiger partial charge in [0.25, 0.3) is 0 Å². The molecule has 1 aromatic heterocycles. The first-order valence-electron chi connectivity index (χ1n) is 5.37. The summed E-state index contributed by atoms with van der Waals surface area (Å²) in [6, 6.07) is 9.29. The number of rotatable bonds is 4. The van der Waals surface area contributed by atoms with Crippen molar-refractivity contribution in [2.45, 2.75) is 0 Å². The Morgan fingerprint density at radius 3 is 2.61 bits per heavy atom. The van der Waals surface area contributed by atoms with Crippen molar-refractivity contribution >= 4 is 6.21 Å². The quantitative estimate of drug-likeness (QED) is 0.511. The predicted octanol–water partition coefficient (Wildman–Crippen LogP) is 2.30. The topological polar surface area (TPSA) is 56.0 Å². The van der Waals surface area contributed by atoms with Crippen LogP contribution in [0.1, 0.15) is 5.69 Å². The molecule has 0 spiro atoms. The monoisotopic (exact) mass is 246 g/mol. The Kier molecular flexibility index (Phi) is 3.52. The van der Waals surface area contributed by atoms with Gasteiger partial charge in [-0.1, -0.05) is 5.16 Å². The molecule has 1 heterocycles. The van der Waals surface area contributed by atoms with Gasteiger partial charge in [0.2, 0.25) is 0 Å². The lowest BCUT2D eigenvalue weighted by Crippen LogP contribution is -1.99. The molecule has 1 N–H and O–H groups in total. The number of hydrogen-bond donors (Lipinski definition) is 1. The Morgan fingerprint density at radius 2 is 1.94 bits per heavy atom. The van der Waals surface area contributed by atoms with Crippen LogP contribution in [0.15, 0.2) is 41.7 Å². The smallest absolute Gasteiger partial charge is 0.162 e. The van der Waals surface area contributed by atoms with Gasteiger partial charge in [-0.3, -0.25) is 0 Å². The summed E-state index contributed by atoms with van der Waals surface area (Å²) in [5.74, 6) is 1.32. The van der Waals surface area contributed by atoms with Crippen LogP contribution in [0.4, 0.5) is 0 Å². The van der Waals surface area contributed by atoms with Crippen molar-refractivity contribution in [2.24, 2.45) is 5.16 Å². The molecule has 0 saturated carbocycles. The summed E-state index contributed by atoms with van der Waals surface area (Å²) >= 11 is 0. The minimum atomic E-state index is 0.649. The van der Waals surface area contributed by atoms with Crippen LogP contribution in [0, 0.1) is 0 Å². The first kappa shape index (κ1) is 12.0. The summed E-state index contributed by atoms with van der Waals surface area (Å²) in [7, 11) is 3.18. The molecular formula is C13H14N2O3. The number of nitrogens with zero attached hydrogens (tertiary/aromatic N) is 2. The second-order valence-electron chi connectivity index (χ2n) is 3.59. The van der Waals surface area contributed by atoms with Gasteiger partial charge in [0.15, 0.2) is 11.5 Å². The number of benzene rings is 1. The fourth-order valence-corrected chi connectivity index (χ4v) is 1.77. The van der Waals surface area contributed by atoms with Gasteiger partial charge in [0.1, 0.15) is 0 Å². The molecular weight excluding hydrogens is 232 g/mol. The molecule has 1 aromatic carbocycles. The van der Waals surface area contributed by atoms with E-state index in [2.05, 4.69) is 5.16 Å². The van der Waals surface area contributed by atoms with E-state index in [4.69, 9.17) is 14.7 Å². The molecule has 5 nitrogen and oxygen atoms in total. The average Bonchev–Trinajstić information content (AvgIpc) is 2.86. The van der Waals surface area contributed by atoms with E-state index < -0.39 is 0 Å². The lowest BCUT2D eigenvalue weighted by Gasteiger charge is -2.11. The second-order valence-corrected chi connectivity index (χ2v) is 3.59. The zero-order valence-corrected chi connectivity index (χ0v) is 10.2. The number of oxime groups is 1. The van der Waals surface area contributed by atoms with Crippen molar-refractivity contribution in [1.82, 2.24) is 4.57 Å². The van der Waals surface area contributed by atoms with E-state index in [9.17, 15) is 0 Å². The van der Waals surface area contributed by atoms with Gasteiger partial charge >= 0.3 is 0 Å². The van der Waals surface area contributed by atoms with Crippen molar-refractivity contribution in [3.05, 3.63) is 42.2 Å². The molecule has 0 amide bonds. The summed E-state index contributed by atoms with van der Waals surface area (Å²) in [5, 5.41) is 11.6. The number of aromatic nitrogens is 1. The van der Waals surface area contributed by atoms with E-state index in [1.807, 2.05) is 41.1 Å². The first-order chi connectivity index (χ1) is 8.80. The van der Waals surface area contributed by atoms with E-state index in [0.29, 0.717) is 11.5 Å². The highest BCUT2D eigenvalue weighted by Gasteiger charge is 2.07. The van der Waals surface area contributed by atoms with Crippen LogP contribution in [0.2, 0.25) is 0 Å². The lowest BCUT2D eigenvalue weighted by molar-refractivity contribution is 0.321. The van der Waals surface area contributed by atoms with Crippen LogP contribution in [0.5, 0.6) is 11.5 Å². The number of hydrogen-bond acceptors (Lipinski definition) is 4. The molecule has 0 aliphatic heterocycles. The van der Waals surface area contributed by atoms with Crippen LogP contribution in [-0.4, -0.2) is 30.2 Å². The first-order valence-corrected chi connectivity index (χ1v) is 5.37. The van der Waals surface area contributed by atoms with Crippen molar-refractivity contribution in [3.8, 4) is 17.2 Å². The highest BCUT2D eigenvalue weighted by Crippen LogP contribution is 2.29. The summed E-state index contributed by atoms with van der Waals surface area (Å²) < 4.78 is 12.3. The van der Waals surface area contributed by atoms with E-state index in [0.717, 1.165) is 11.4 Å². The van der Waals surface area contributed by atoms with Crippen molar-refractivity contribution in [2.75, 3.05) is 14.2 Å². The minimum Gasteiger partial charge on any atom is -0.493 e. The standard InChI is InChI=1S/C13H14N2O3/c1-17-12-6-5-10(8-13(12)18-2)15-7-3-4-11(15)9-14-16/h3-9,16H,1-2H3/b14-9-. The molecule has 18 heavy (non-hydrogen) atoms. The molecule has 2 rings (SSSR count). The van der Waals surface area contributed by atoms with E-state index >= 15 is 0 Å². The third kappa shape index (κ3) is 2.15. The van der Waals surface area contributed by atoms with Crippen LogP contribution >= 0.6 is 0 Å². The highest BCUT2D eigenvalue weighted by atomic mass is 16.5. The van der Waals surface area contributed by atoms with Gasteiger partial charge < -0.3 is 19.2 Å². The van der Waals surface area contributed by atoms with Gasteiger partial charge in [-0.05, 0) is 24.3 Å². The maximum absolute atomic E-state index is 8.60. The van der Waals surface area contributed by atoms with Gasteiger partial charge in [0.05, 0.1) is 26.1 Å². The lowest BCUT2D eigenvalue weighted by atomic mass is 10.2. The Morgan fingerprint density at radius 1 is 1.17 bits per heavy atom. The van der Waals surface area contributed by atoms with E-state index in [1.165, 1.54) is 6.21 Å². The van der Waals surface area contributed by atoms with Crippen LogP contribution in [-0.2, 0) is 0 Å². The molecule has 0 unspecified atom stereocenters. The largest absolute Gasteiger partial charge is 0.493 e. The fraction of sp³-hybridized carbons (Fsp3) is 0.154. The van der Waals surface area contributed by atoms with E-state index in [-0.39, 0.29) is 0 Å². The molecule has 5 heteroatoms. The summed E-state index contributed by atoms with van der Waals surface area (Å²) in [4.78, 5) is 0. The second kappa shape index (κ2) is 5.27. The maximum atomic E-state index is 8.60. The molecule has 2 aromatic rings. The number of methoxy groups -OCH3 is 2. The molecule has 94 valence electrons. The van der Waals surface area contributed by atoms with Gasteiger partial charge in [-0.25, -0.2) is 0 Å². The third-order valence-electron chi connectivity index (χ3n) is 2.62. The highest BCUT2D eigenvalue weighted by molar-refractivity contribution is 5.78. The average molecular weight is 246 g/mol. The Hall–Kier alpha value is -2.43. The molecule has 0 aliphatic rings. The molecule has 0 atom stereocenters. The van der Waals surface area contributed by atoms with Crippen molar-refractivity contribution < 1.29 is 14.7 Å². The normalized spacial score (nSPS) is 10.8. The molecule has 0 radical (unpaired) electrons. The summed E-state index contributed by atoms with van der Waals surface area (Å²) in [6.07, 6.45) is 3.25. The Labute approximate surface area is 105 Å². The van der Waals surface area contributed by atoms with Gasteiger partial charge in [-0.2, -0.15) is 0 Å². The predicted molar refractivity (Wildman–Crippen MR) is 68.3 cm³/mol. The third-order valence-corrected chi connectivity index (χ3v) is 2.62. The molecule has 0 saturated heterocycles. The molecule has 0 aliphatic carbocycles. The van der Waals surface area contributed by atoms with Crippen LogP contribution in [0.3, 0.4) is 0 Å². The Bertz CT molecular complexity index is 561. The van der Waals surface area contributed by atoms with Crippen molar-refractivity contribution in [3.63, 3.8) is 0 Å². The zero-order valence-electron chi connectivity index (χ0n) is 10.2. The van der Waals surface area contributed by atoms with Gasteiger partial charge in [-0.15, -0.1) is 0 Å². The summed E-state index contributed by atoms with van der Waals surface area (Å²) in [5.41, 5.74) is 1.66.